The molecule has 0 radical (unpaired) electrons. The van der Waals surface area contributed by atoms with Gasteiger partial charge in [0.2, 0.25) is 5.88 Å². The minimum atomic E-state index is -4.63. The van der Waals surface area contributed by atoms with E-state index in [4.69, 9.17) is 9.47 Å². The first-order valence-corrected chi connectivity index (χ1v) is 13.3. The van der Waals surface area contributed by atoms with Crippen LogP contribution in [0.2, 0.25) is 0 Å². The molecule has 3 aromatic heterocycles. The van der Waals surface area contributed by atoms with Crippen molar-refractivity contribution in [1.29, 1.82) is 0 Å². The molecule has 0 unspecified atom stereocenters. The Morgan fingerprint density at radius 3 is 2.36 bits per heavy atom. The van der Waals surface area contributed by atoms with Crippen LogP contribution in [0.25, 0.3) is 17.2 Å². The van der Waals surface area contributed by atoms with Crippen LogP contribution in [-0.4, -0.2) is 57.6 Å². The molecule has 1 aromatic carbocycles. The maximum atomic E-state index is 13.6. The summed E-state index contributed by atoms with van der Waals surface area (Å²) in [5.74, 6) is -0.320. The Labute approximate surface area is 222 Å². The molecular weight excluding hydrogens is 537 g/mol. The van der Waals surface area contributed by atoms with E-state index in [0.29, 0.717) is 0 Å². The molecular formula is C25H25F3N6O4S. The average molecular weight is 563 g/mol. The monoisotopic (exact) mass is 562 g/mol. The summed E-state index contributed by atoms with van der Waals surface area (Å²) >= 11 is 0. The number of aryl methyl sites for hydroxylation is 1. The summed E-state index contributed by atoms with van der Waals surface area (Å²) in [5.41, 5.74) is 0.101. The molecule has 39 heavy (non-hydrogen) atoms. The maximum absolute atomic E-state index is 13.6. The van der Waals surface area contributed by atoms with Crippen molar-refractivity contribution >= 4 is 9.84 Å². The number of halogens is 3. The van der Waals surface area contributed by atoms with Gasteiger partial charge in [-0.1, -0.05) is 12.1 Å². The number of ether oxygens (including phenoxy) is 2. The van der Waals surface area contributed by atoms with Gasteiger partial charge in [0.05, 0.1) is 17.9 Å². The van der Waals surface area contributed by atoms with E-state index in [0.717, 1.165) is 17.7 Å². The van der Waals surface area contributed by atoms with Gasteiger partial charge in [0.1, 0.15) is 17.6 Å². The highest BCUT2D eigenvalue weighted by molar-refractivity contribution is 7.91. The average Bonchev–Trinajstić information content (AvgIpc) is 3.32. The summed E-state index contributed by atoms with van der Waals surface area (Å²) in [7, 11) is -1.27. The van der Waals surface area contributed by atoms with E-state index in [1.165, 1.54) is 37.8 Å². The van der Waals surface area contributed by atoms with Gasteiger partial charge in [-0.15, -0.1) is 10.2 Å². The minimum Gasteiger partial charge on any atom is -0.481 e. The Kier molecular flexibility index (Phi) is 7.97. The van der Waals surface area contributed by atoms with E-state index in [-0.39, 0.29) is 34.7 Å². The molecule has 10 nitrogen and oxygen atoms in total. The molecule has 0 amide bonds. The summed E-state index contributed by atoms with van der Waals surface area (Å²) < 4.78 is 79.6. The standard InChI is InChI=1S/C25H25F3N6O4S/c1-15-12-29-23(30-13-15)22(38-4)16(2)39(35,36)14-20-32-33-24(19-9-6-10-21(31-19)37-3)34(20)18-8-5-7-17(11-18)25(26,27)28/h5-13,16,22H,14H2,1-4H3/t16-,22-/m0/s1. The van der Waals surface area contributed by atoms with E-state index in [2.05, 4.69) is 25.1 Å². The van der Waals surface area contributed by atoms with Crippen molar-refractivity contribution in [2.45, 2.75) is 37.1 Å². The predicted octanol–water partition coefficient (Wildman–Crippen LogP) is 4.15. The molecule has 4 rings (SSSR count). The summed E-state index contributed by atoms with van der Waals surface area (Å²) in [4.78, 5) is 12.7. The molecule has 4 aromatic rings. The molecule has 0 saturated heterocycles. The van der Waals surface area contributed by atoms with E-state index in [9.17, 15) is 21.6 Å². The number of methoxy groups -OCH3 is 2. The highest BCUT2D eigenvalue weighted by Gasteiger charge is 2.35. The minimum absolute atomic E-state index is 0.0115. The smallest absolute Gasteiger partial charge is 0.416 e. The van der Waals surface area contributed by atoms with Gasteiger partial charge < -0.3 is 9.47 Å². The first-order chi connectivity index (χ1) is 18.4. The van der Waals surface area contributed by atoms with Crippen LogP contribution >= 0.6 is 0 Å². The first kappa shape index (κ1) is 28.1. The second kappa shape index (κ2) is 11.1. The maximum Gasteiger partial charge on any atom is 0.416 e. The topological polar surface area (TPSA) is 122 Å². The van der Waals surface area contributed by atoms with Gasteiger partial charge in [0, 0.05) is 31.3 Å². The summed E-state index contributed by atoms with van der Waals surface area (Å²) in [6.07, 6.45) is -2.53. The van der Waals surface area contributed by atoms with Crippen LogP contribution in [0, 0.1) is 6.92 Å². The number of alkyl halides is 3. The van der Waals surface area contributed by atoms with Crippen molar-refractivity contribution in [3.05, 3.63) is 77.6 Å². The van der Waals surface area contributed by atoms with E-state index in [1.807, 2.05) is 0 Å². The van der Waals surface area contributed by atoms with Crippen molar-refractivity contribution in [2.24, 2.45) is 0 Å². The molecule has 0 fully saturated rings. The quantitative estimate of drug-likeness (QED) is 0.296. The van der Waals surface area contributed by atoms with Crippen LogP contribution in [0.15, 0.2) is 54.9 Å². The zero-order valence-corrected chi connectivity index (χ0v) is 22.2. The molecule has 0 N–H and O–H groups in total. The van der Waals surface area contributed by atoms with Crippen molar-refractivity contribution in [2.75, 3.05) is 14.2 Å². The molecule has 14 heteroatoms. The fourth-order valence-corrected chi connectivity index (χ4v) is 5.30. The molecule has 0 saturated carbocycles. The highest BCUT2D eigenvalue weighted by Crippen LogP contribution is 2.33. The Bertz CT molecular complexity index is 1560. The van der Waals surface area contributed by atoms with Crippen LogP contribution in [-0.2, 0) is 26.5 Å². The van der Waals surface area contributed by atoms with Crippen LogP contribution in [0.4, 0.5) is 13.2 Å². The van der Waals surface area contributed by atoms with Gasteiger partial charge in [-0.05, 0) is 43.7 Å². The lowest BCUT2D eigenvalue weighted by molar-refractivity contribution is -0.137. The van der Waals surface area contributed by atoms with Crippen molar-refractivity contribution in [3.8, 4) is 23.1 Å². The number of hydrogen-bond donors (Lipinski definition) is 0. The third kappa shape index (κ3) is 6.06. The van der Waals surface area contributed by atoms with E-state index < -0.39 is 38.7 Å². The molecule has 206 valence electrons. The normalized spacial score (nSPS) is 13.7. The Morgan fingerprint density at radius 2 is 1.72 bits per heavy atom. The summed E-state index contributed by atoms with van der Waals surface area (Å²) in [5, 5.41) is 7.02. The van der Waals surface area contributed by atoms with Crippen LogP contribution < -0.4 is 4.74 Å². The molecule has 0 aliphatic heterocycles. The molecule has 0 aliphatic carbocycles. The van der Waals surface area contributed by atoms with Crippen LogP contribution in [0.5, 0.6) is 5.88 Å². The molecule has 0 spiro atoms. The van der Waals surface area contributed by atoms with Gasteiger partial charge in [-0.3, -0.25) is 4.57 Å². The Morgan fingerprint density at radius 1 is 1.03 bits per heavy atom. The second-order valence-corrected chi connectivity index (χ2v) is 11.0. The fourth-order valence-electron chi connectivity index (χ4n) is 3.88. The zero-order chi connectivity index (χ0) is 28.4. The van der Waals surface area contributed by atoms with Gasteiger partial charge >= 0.3 is 6.18 Å². The van der Waals surface area contributed by atoms with Crippen molar-refractivity contribution in [3.63, 3.8) is 0 Å². The molecule has 0 aliphatic rings. The Balaban J connectivity index is 1.80. The van der Waals surface area contributed by atoms with Crippen LogP contribution in [0.1, 0.15) is 35.8 Å². The number of nitrogens with zero attached hydrogens (tertiary/aromatic N) is 6. The second-order valence-electron chi connectivity index (χ2n) is 8.68. The predicted molar refractivity (Wildman–Crippen MR) is 135 cm³/mol. The summed E-state index contributed by atoms with van der Waals surface area (Å²) in [6, 6.07) is 9.20. The first-order valence-electron chi connectivity index (χ1n) is 11.6. The lowest BCUT2D eigenvalue weighted by Crippen LogP contribution is -2.30. The van der Waals surface area contributed by atoms with E-state index >= 15 is 0 Å². The van der Waals surface area contributed by atoms with Crippen LogP contribution in [0.3, 0.4) is 0 Å². The van der Waals surface area contributed by atoms with Crippen molar-refractivity contribution in [1.82, 2.24) is 29.7 Å². The number of rotatable bonds is 9. The molecule has 3 heterocycles. The fraction of sp³-hybridized carbons (Fsp3) is 0.320. The van der Waals surface area contributed by atoms with Gasteiger partial charge in [-0.25, -0.2) is 23.4 Å². The van der Waals surface area contributed by atoms with E-state index in [1.54, 1.807) is 37.5 Å². The third-order valence-electron chi connectivity index (χ3n) is 5.96. The number of sulfone groups is 1. The highest BCUT2D eigenvalue weighted by atomic mass is 32.2. The third-order valence-corrected chi connectivity index (χ3v) is 8.00. The number of hydrogen-bond acceptors (Lipinski definition) is 9. The lowest BCUT2D eigenvalue weighted by Gasteiger charge is -2.21. The number of pyridine rings is 1. The Hall–Kier alpha value is -3.91. The molecule has 2 atom stereocenters. The van der Waals surface area contributed by atoms with Gasteiger partial charge in [0.25, 0.3) is 0 Å². The number of benzene rings is 1. The van der Waals surface area contributed by atoms with Crippen molar-refractivity contribution < 1.29 is 31.1 Å². The lowest BCUT2D eigenvalue weighted by atomic mass is 10.2. The zero-order valence-electron chi connectivity index (χ0n) is 21.4. The SMILES string of the molecule is COc1cccc(-c2nnc(CS(=O)(=O)[C@@H](C)[C@H](OC)c3ncc(C)cn3)n2-c2cccc(C(F)(F)F)c2)n1. The summed E-state index contributed by atoms with van der Waals surface area (Å²) in [6.45, 7) is 3.24. The number of aromatic nitrogens is 6. The van der Waals surface area contributed by atoms with Gasteiger partial charge in [0.15, 0.2) is 27.3 Å². The van der Waals surface area contributed by atoms with Gasteiger partial charge in [-0.2, -0.15) is 13.2 Å². The largest absolute Gasteiger partial charge is 0.481 e. The molecule has 0 bridgehead atoms.